The monoisotopic (exact) mass is 297 g/mol. The van der Waals surface area contributed by atoms with Crippen molar-refractivity contribution in [2.45, 2.75) is 39.3 Å². The second-order valence-electron chi connectivity index (χ2n) is 5.23. The fourth-order valence-electron chi connectivity index (χ4n) is 2.53. The van der Waals surface area contributed by atoms with Crippen molar-refractivity contribution in [1.29, 1.82) is 0 Å². The summed E-state index contributed by atoms with van der Waals surface area (Å²) in [6.45, 7) is 9.94. The topological polar surface area (TPSA) is 37.4 Å². The number of pyridine rings is 1. The lowest BCUT2D eigenvalue weighted by molar-refractivity contribution is 0.0996. The predicted octanol–water partition coefficient (Wildman–Crippen LogP) is 2.62. The summed E-state index contributed by atoms with van der Waals surface area (Å²) in [5.41, 5.74) is 0.897. The second kappa shape index (κ2) is 9.82. The summed E-state index contributed by atoms with van der Waals surface area (Å²) in [7, 11) is 1.73. The van der Waals surface area contributed by atoms with Gasteiger partial charge in [0, 0.05) is 19.7 Å². The molecule has 4 nitrogen and oxygen atoms in total. The van der Waals surface area contributed by atoms with Crippen LogP contribution in [0.1, 0.15) is 38.9 Å². The summed E-state index contributed by atoms with van der Waals surface area (Å²) in [5.74, 6) is -0.294. The lowest BCUT2D eigenvalue weighted by Crippen LogP contribution is -2.38. The molecule has 0 bridgehead atoms. The van der Waals surface area contributed by atoms with E-state index in [0.717, 1.165) is 38.4 Å². The van der Waals surface area contributed by atoms with E-state index in [9.17, 15) is 4.39 Å². The van der Waals surface area contributed by atoms with E-state index in [4.69, 9.17) is 4.74 Å². The number of hydrogen-bond donors (Lipinski definition) is 1. The summed E-state index contributed by atoms with van der Waals surface area (Å²) in [6.07, 6.45) is 2.22. The minimum absolute atomic E-state index is 0.152. The molecule has 0 radical (unpaired) electrons. The van der Waals surface area contributed by atoms with E-state index < -0.39 is 0 Å². The fourth-order valence-corrected chi connectivity index (χ4v) is 2.53. The molecule has 0 saturated carbocycles. The Morgan fingerprint density at radius 1 is 1.38 bits per heavy atom. The highest BCUT2D eigenvalue weighted by atomic mass is 19.1. The van der Waals surface area contributed by atoms with Crippen molar-refractivity contribution in [2.75, 3.05) is 33.4 Å². The fraction of sp³-hybridized carbons (Fsp3) is 0.688. The minimum atomic E-state index is -0.294. The Labute approximate surface area is 127 Å². The number of likely N-dealkylation sites (N-methyl/N-ethyl adjacent to an activating group) is 1. The molecule has 1 rings (SSSR count). The third kappa shape index (κ3) is 6.08. The highest BCUT2D eigenvalue weighted by Crippen LogP contribution is 2.16. The maximum Gasteiger partial charge on any atom is 0.141 e. The van der Waals surface area contributed by atoms with Crippen molar-refractivity contribution in [1.82, 2.24) is 15.2 Å². The summed E-state index contributed by atoms with van der Waals surface area (Å²) in [5, 5.41) is 3.43. The van der Waals surface area contributed by atoms with Gasteiger partial charge in [-0.3, -0.25) is 9.88 Å². The molecule has 0 aliphatic heterocycles. The van der Waals surface area contributed by atoms with Crippen LogP contribution in [-0.2, 0) is 4.74 Å². The quantitative estimate of drug-likeness (QED) is 0.720. The standard InChI is InChI=1S/C16H28FN3O/c1-5-18-16(15-8-7-14(17)11-19-15)9-10-20(6-2)13(3)12-21-4/h7-8,11,13,16,18H,5-6,9-10,12H2,1-4H3. The van der Waals surface area contributed by atoms with E-state index in [-0.39, 0.29) is 11.9 Å². The number of nitrogens with zero attached hydrogens (tertiary/aromatic N) is 2. The first-order valence-corrected chi connectivity index (χ1v) is 7.70. The van der Waals surface area contributed by atoms with Gasteiger partial charge in [-0.05, 0) is 38.6 Å². The molecule has 1 heterocycles. The summed E-state index contributed by atoms with van der Waals surface area (Å²) in [4.78, 5) is 6.59. The van der Waals surface area contributed by atoms with Crippen LogP contribution < -0.4 is 5.32 Å². The minimum Gasteiger partial charge on any atom is -0.383 e. The van der Waals surface area contributed by atoms with Gasteiger partial charge in [0.15, 0.2) is 0 Å². The van der Waals surface area contributed by atoms with Gasteiger partial charge < -0.3 is 10.1 Å². The molecule has 120 valence electrons. The maximum atomic E-state index is 13.0. The van der Waals surface area contributed by atoms with Gasteiger partial charge in [-0.2, -0.15) is 0 Å². The zero-order chi connectivity index (χ0) is 15.7. The van der Waals surface area contributed by atoms with Crippen LogP contribution in [0.5, 0.6) is 0 Å². The Kier molecular flexibility index (Phi) is 8.42. The molecule has 5 heteroatoms. The van der Waals surface area contributed by atoms with Gasteiger partial charge in [0.2, 0.25) is 0 Å². The molecule has 0 fully saturated rings. The SMILES string of the molecule is CCNC(CCN(CC)C(C)COC)c1ccc(F)cn1. The van der Waals surface area contributed by atoms with Gasteiger partial charge in [0.1, 0.15) is 5.82 Å². The van der Waals surface area contributed by atoms with Crippen molar-refractivity contribution in [3.05, 3.63) is 29.8 Å². The van der Waals surface area contributed by atoms with Crippen LogP contribution in [-0.4, -0.2) is 49.3 Å². The van der Waals surface area contributed by atoms with Crippen LogP contribution >= 0.6 is 0 Å². The highest BCUT2D eigenvalue weighted by Gasteiger charge is 2.16. The molecule has 1 aromatic rings. The Morgan fingerprint density at radius 2 is 2.14 bits per heavy atom. The molecule has 0 aliphatic carbocycles. The van der Waals surface area contributed by atoms with E-state index in [1.807, 2.05) is 0 Å². The van der Waals surface area contributed by atoms with Gasteiger partial charge in [-0.15, -0.1) is 0 Å². The first-order chi connectivity index (χ1) is 10.1. The average molecular weight is 297 g/mol. The normalized spacial score (nSPS) is 14.4. The molecule has 0 amide bonds. The van der Waals surface area contributed by atoms with Gasteiger partial charge in [0.25, 0.3) is 0 Å². The number of methoxy groups -OCH3 is 1. The smallest absolute Gasteiger partial charge is 0.141 e. The van der Waals surface area contributed by atoms with Gasteiger partial charge in [-0.1, -0.05) is 13.8 Å². The van der Waals surface area contributed by atoms with Crippen LogP contribution in [0.3, 0.4) is 0 Å². The Hall–Kier alpha value is -1.04. The van der Waals surface area contributed by atoms with Crippen LogP contribution in [0.25, 0.3) is 0 Å². The van der Waals surface area contributed by atoms with Crippen LogP contribution in [0, 0.1) is 5.82 Å². The van der Waals surface area contributed by atoms with Gasteiger partial charge in [-0.25, -0.2) is 4.39 Å². The van der Waals surface area contributed by atoms with Crippen LogP contribution in [0.2, 0.25) is 0 Å². The molecular formula is C16H28FN3O. The number of halogens is 1. The first kappa shape index (κ1) is 18.0. The number of nitrogens with one attached hydrogen (secondary N) is 1. The zero-order valence-corrected chi connectivity index (χ0v) is 13.6. The van der Waals surface area contributed by atoms with Crippen molar-refractivity contribution in [2.24, 2.45) is 0 Å². The molecule has 0 aromatic carbocycles. The Morgan fingerprint density at radius 3 is 2.67 bits per heavy atom. The van der Waals surface area contributed by atoms with Crippen molar-refractivity contribution in [3.63, 3.8) is 0 Å². The van der Waals surface area contributed by atoms with E-state index in [1.54, 1.807) is 13.2 Å². The number of rotatable bonds is 10. The van der Waals surface area contributed by atoms with Gasteiger partial charge >= 0.3 is 0 Å². The third-order valence-electron chi connectivity index (χ3n) is 3.70. The van der Waals surface area contributed by atoms with Crippen molar-refractivity contribution >= 4 is 0 Å². The predicted molar refractivity (Wildman–Crippen MR) is 83.8 cm³/mol. The van der Waals surface area contributed by atoms with Crippen molar-refractivity contribution < 1.29 is 9.13 Å². The Balaban J connectivity index is 2.63. The number of ether oxygens (including phenoxy) is 1. The molecule has 0 spiro atoms. The summed E-state index contributed by atoms with van der Waals surface area (Å²) < 4.78 is 18.2. The third-order valence-corrected chi connectivity index (χ3v) is 3.70. The molecular weight excluding hydrogens is 269 g/mol. The van der Waals surface area contributed by atoms with Crippen LogP contribution in [0.15, 0.2) is 18.3 Å². The van der Waals surface area contributed by atoms with Gasteiger partial charge in [0.05, 0.1) is 24.5 Å². The summed E-state index contributed by atoms with van der Waals surface area (Å²) in [6, 6.07) is 3.78. The number of hydrogen-bond acceptors (Lipinski definition) is 4. The van der Waals surface area contributed by atoms with E-state index in [0.29, 0.717) is 6.04 Å². The molecule has 2 atom stereocenters. The molecule has 2 unspecified atom stereocenters. The molecule has 1 N–H and O–H groups in total. The lowest BCUT2D eigenvalue weighted by atomic mass is 10.1. The number of aromatic nitrogens is 1. The van der Waals surface area contributed by atoms with E-state index in [1.165, 1.54) is 12.3 Å². The lowest BCUT2D eigenvalue weighted by Gasteiger charge is -2.29. The summed E-state index contributed by atoms with van der Waals surface area (Å²) >= 11 is 0. The van der Waals surface area contributed by atoms with Crippen molar-refractivity contribution in [3.8, 4) is 0 Å². The average Bonchev–Trinajstić information content (AvgIpc) is 2.48. The first-order valence-electron chi connectivity index (χ1n) is 7.70. The van der Waals surface area contributed by atoms with Crippen LogP contribution in [0.4, 0.5) is 4.39 Å². The molecule has 0 saturated heterocycles. The highest BCUT2D eigenvalue weighted by molar-refractivity contribution is 5.10. The molecule has 0 aliphatic rings. The molecule has 1 aromatic heterocycles. The Bertz CT molecular complexity index is 386. The molecule has 21 heavy (non-hydrogen) atoms. The largest absolute Gasteiger partial charge is 0.383 e. The van der Waals surface area contributed by atoms with E-state index in [2.05, 4.69) is 36.0 Å². The second-order valence-corrected chi connectivity index (χ2v) is 5.23. The zero-order valence-electron chi connectivity index (χ0n) is 13.6. The van der Waals surface area contributed by atoms with E-state index >= 15 is 0 Å². The maximum absolute atomic E-state index is 13.0.